The summed E-state index contributed by atoms with van der Waals surface area (Å²) in [6, 6.07) is 1.38. The summed E-state index contributed by atoms with van der Waals surface area (Å²) >= 11 is 3.11. The van der Waals surface area contributed by atoms with E-state index in [4.69, 9.17) is 4.74 Å². The lowest BCUT2D eigenvalue weighted by atomic mass is 10.2. The number of halogens is 2. The van der Waals surface area contributed by atoms with Crippen LogP contribution in [-0.2, 0) is 4.74 Å². The van der Waals surface area contributed by atoms with Crippen molar-refractivity contribution in [2.24, 2.45) is 0 Å². The van der Waals surface area contributed by atoms with E-state index in [0.29, 0.717) is 17.6 Å². The van der Waals surface area contributed by atoms with E-state index < -0.39 is 11.9 Å². The number of ether oxygens (including phenoxy) is 1. The van der Waals surface area contributed by atoms with Gasteiger partial charge in [0, 0.05) is 24.3 Å². The predicted molar refractivity (Wildman–Crippen MR) is 56.1 cm³/mol. The van der Waals surface area contributed by atoms with Gasteiger partial charge in [-0.25, -0.2) is 4.98 Å². The van der Waals surface area contributed by atoms with Crippen LogP contribution in [0.1, 0.15) is 10.4 Å². The van der Waals surface area contributed by atoms with E-state index in [2.05, 4.69) is 26.2 Å². The molecule has 82 valence electrons. The number of hydrogen-bond acceptors (Lipinski definition) is 3. The molecule has 0 radical (unpaired) electrons. The monoisotopic (exact) mass is 276 g/mol. The summed E-state index contributed by atoms with van der Waals surface area (Å²) < 4.78 is 18.4. The van der Waals surface area contributed by atoms with Crippen molar-refractivity contribution in [2.45, 2.75) is 0 Å². The molecule has 15 heavy (non-hydrogen) atoms. The van der Waals surface area contributed by atoms with E-state index in [9.17, 15) is 9.18 Å². The number of nitrogens with one attached hydrogen (secondary N) is 1. The highest BCUT2D eigenvalue weighted by molar-refractivity contribution is 9.10. The third-order valence-electron chi connectivity index (χ3n) is 1.64. The Bertz CT molecular complexity index is 360. The molecular weight excluding hydrogens is 267 g/mol. The molecule has 1 heterocycles. The highest BCUT2D eigenvalue weighted by Gasteiger charge is 2.12. The number of nitrogens with zero attached hydrogens (tertiary/aromatic N) is 1. The SMILES string of the molecule is COCCNC(=O)c1cc(Br)cnc1F. The van der Waals surface area contributed by atoms with Crippen molar-refractivity contribution in [1.29, 1.82) is 0 Å². The molecule has 0 aliphatic carbocycles. The fourth-order valence-electron chi connectivity index (χ4n) is 0.944. The minimum atomic E-state index is -0.784. The molecule has 0 saturated carbocycles. The molecule has 0 saturated heterocycles. The van der Waals surface area contributed by atoms with Crippen LogP contribution in [0.15, 0.2) is 16.7 Å². The second kappa shape index (κ2) is 5.77. The molecule has 1 amide bonds. The van der Waals surface area contributed by atoms with E-state index in [0.717, 1.165) is 0 Å². The van der Waals surface area contributed by atoms with Crippen LogP contribution < -0.4 is 5.32 Å². The maximum absolute atomic E-state index is 13.1. The summed E-state index contributed by atoms with van der Waals surface area (Å²) in [5.74, 6) is -1.29. The fourth-order valence-corrected chi connectivity index (χ4v) is 1.27. The summed E-state index contributed by atoms with van der Waals surface area (Å²) in [4.78, 5) is 14.8. The number of carbonyl (C=O) groups is 1. The largest absolute Gasteiger partial charge is 0.383 e. The van der Waals surface area contributed by atoms with Crippen molar-refractivity contribution in [3.8, 4) is 0 Å². The smallest absolute Gasteiger partial charge is 0.256 e. The van der Waals surface area contributed by atoms with Gasteiger partial charge in [0.15, 0.2) is 0 Å². The van der Waals surface area contributed by atoms with E-state index in [1.807, 2.05) is 0 Å². The van der Waals surface area contributed by atoms with Crippen LogP contribution in [-0.4, -0.2) is 31.2 Å². The number of methoxy groups -OCH3 is 1. The van der Waals surface area contributed by atoms with E-state index in [1.165, 1.54) is 19.4 Å². The van der Waals surface area contributed by atoms with Gasteiger partial charge in [0.05, 0.1) is 12.2 Å². The molecule has 0 spiro atoms. The second-order valence-corrected chi connectivity index (χ2v) is 3.66. The molecule has 0 aliphatic rings. The van der Waals surface area contributed by atoms with Crippen molar-refractivity contribution in [1.82, 2.24) is 10.3 Å². The van der Waals surface area contributed by atoms with Crippen LogP contribution in [0.25, 0.3) is 0 Å². The Morgan fingerprint density at radius 1 is 1.73 bits per heavy atom. The van der Waals surface area contributed by atoms with Gasteiger partial charge in [-0.3, -0.25) is 4.79 Å². The lowest BCUT2D eigenvalue weighted by Gasteiger charge is -2.04. The molecule has 4 nitrogen and oxygen atoms in total. The molecule has 6 heteroatoms. The standard InChI is InChI=1S/C9H10BrFN2O2/c1-15-3-2-12-9(14)7-4-6(10)5-13-8(7)11/h4-5H,2-3H2,1H3,(H,12,14). The molecule has 0 aliphatic heterocycles. The number of aromatic nitrogens is 1. The first-order valence-electron chi connectivity index (χ1n) is 4.23. The van der Waals surface area contributed by atoms with Gasteiger partial charge < -0.3 is 10.1 Å². The zero-order chi connectivity index (χ0) is 11.3. The number of rotatable bonds is 4. The predicted octanol–water partition coefficient (Wildman–Crippen LogP) is 1.36. The van der Waals surface area contributed by atoms with Crippen LogP contribution in [0, 0.1) is 5.95 Å². The Labute approximate surface area is 95.0 Å². The van der Waals surface area contributed by atoms with Gasteiger partial charge in [0.2, 0.25) is 5.95 Å². The van der Waals surface area contributed by atoms with Crippen LogP contribution in [0.4, 0.5) is 4.39 Å². The quantitative estimate of drug-likeness (QED) is 0.667. The molecule has 0 unspecified atom stereocenters. The Kier molecular flexibility index (Phi) is 4.64. The Morgan fingerprint density at radius 3 is 3.13 bits per heavy atom. The van der Waals surface area contributed by atoms with Gasteiger partial charge in [0.25, 0.3) is 5.91 Å². The highest BCUT2D eigenvalue weighted by atomic mass is 79.9. The lowest BCUT2D eigenvalue weighted by molar-refractivity contribution is 0.0932. The van der Waals surface area contributed by atoms with Gasteiger partial charge in [-0.1, -0.05) is 0 Å². The number of hydrogen-bond donors (Lipinski definition) is 1. The maximum atomic E-state index is 13.1. The highest BCUT2D eigenvalue weighted by Crippen LogP contribution is 2.12. The van der Waals surface area contributed by atoms with E-state index in [1.54, 1.807) is 0 Å². The summed E-state index contributed by atoms with van der Waals surface area (Å²) in [5.41, 5.74) is -0.0829. The maximum Gasteiger partial charge on any atom is 0.256 e. The third-order valence-corrected chi connectivity index (χ3v) is 2.08. The third kappa shape index (κ3) is 3.56. The van der Waals surface area contributed by atoms with Crippen molar-refractivity contribution in [3.63, 3.8) is 0 Å². The average molecular weight is 277 g/mol. The Morgan fingerprint density at radius 2 is 2.47 bits per heavy atom. The van der Waals surface area contributed by atoms with Crippen molar-refractivity contribution < 1.29 is 13.9 Å². The van der Waals surface area contributed by atoms with Gasteiger partial charge in [0.1, 0.15) is 0 Å². The molecule has 1 aromatic heterocycles. The van der Waals surface area contributed by atoms with Gasteiger partial charge in [-0.2, -0.15) is 4.39 Å². The number of carbonyl (C=O) groups excluding carboxylic acids is 1. The first-order valence-corrected chi connectivity index (χ1v) is 5.02. The average Bonchev–Trinajstić information content (AvgIpc) is 2.22. The minimum absolute atomic E-state index is 0.0829. The van der Waals surface area contributed by atoms with E-state index >= 15 is 0 Å². The molecular formula is C9H10BrFN2O2. The van der Waals surface area contributed by atoms with Gasteiger partial charge in [-0.15, -0.1) is 0 Å². The number of amides is 1. The zero-order valence-corrected chi connectivity index (χ0v) is 9.67. The summed E-state index contributed by atoms with van der Waals surface area (Å²) in [6.45, 7) is 0.718. The van der Waals surface area contributed by atoms with Crippen molar-refractivity contribution >= 4 is 21.8 Å². The second-order valence-electron chi connectivity index (χ2n) is 2.74. The van der Waals surface area contributed by atoms with Gasteiger partial charge >= 0.3 is 0 Å². The molecule has 0 bridgehead atoms. The Balaban J connectivity index is 2.68. The van der Waals surface area contributed by atoms with E-state index in [-0.39, 0.29) is 5.56 Å². The normalized spacial score (nSPS) is 10.1. The Hall–Kier alpha value is -1.01. The topological polar surface area (TPSA) is 51.2 Å². The summed E-state index contributed by atoms with van der Waals surface area (Å²) in [6.07, 6.45) is 1.29. The van der Waals surface area contributed by atoms with Crippen LogP contribution in [0.3, 0.4) is 0 Å². The molecule has 0 atom stereocenters. The van der Waals surface area contributed by atoms with Crippen molar-refractivity contribution in [3.05, 3.63) is 28.2 Å². The summed E-state index contributed by atoms with van der Waals surface area (Å²) in [5, 5.41) is 2.50. The molecule has 0 fully saturated rings. The van der Waals surface area contributed by atoms with Crippen LogP contribution in [0.2, 0.25) is 0 Å². The summed E-state index contributed by atoms with van der Waals surface area (Å²) in [7, 11) is 1.52. The molecule has 1 aromatic rings. The molecule has 0 aromatic carbocycles. The van der Waals surface area contributed by atoms with Crippen molar-refractivity contribution in [2.75, 3.05) is 20.3 Å². The number of pyridine rings is 1. The lowest BCUT2D eigenvalue weighted by Crippen LogP contribution is -2.28. The van der Waals surface area contributed by atoms with Gasteiger partial charge in [-0.05, 0) is 22.0 Å². The fraction of sp³-hybridized carbons (Fsp3) is 0.333. The van der Waals surface area contributed by atoms with Crippen LogP contribution >= 0.6 is 15.9 Å². The first-order chi connectivity index (χ1) is 7.15. The first kappa shape index (κ1) is 12.1. The molecule has 1 rings (SSSR count). The minimum Gasteiger partial charge on any atom is -0.383 e. The molecule has 1 N–H and O–H groups in total. The van der Waals surface area contributed by atoms with Crippen LogP contribution in [0.5, 0.6) is 0 Å². The zero-order valence-electron chi connectivity index (χ0n) is 8.09.